The Balaban J connectivity index is 1.78. The van der Waals surface area contributed by atoms with Crippen molar-refractivity contribution in [3.05, 3.63) is 23.3 Å². The SMILES string of the molecule is NCCCN1CC=C(C2=CCN(CCCN)CC2)CC1. The lowest BCUT2D eigenvalue weighted by Gasteiger charge is -2.31. The van der Waals surface area contributed by atoms with Crippen molar-refractivity contribution in [2.45, 2.75) is 25.7 Å². The van der Waals surface area contributed by atoms with Gasteiger partial charge in [-0.05, 0) is 63.0 Å². The summed E-state index contributed by atoms with van der Waals surface area (Å²) in [6.45, 7) is 8.49. The van der Waals surface area contributed by atoms with Gasteiger partial charge in [0.15, 0.2) is 0 Å². The summed E-state index contributed by atoms with van der Waals surface area (Å²) in [4.78, 5) is 5.01. The number of nitrogens with zero attached hydrogens (tertiary/aromatic N) is 2. The van der Waals surface area contributed by atoms with Crippen LogP contribution in [0.5, 0.6) is 0 Å². The van der Waals surface area contributed by atoms with E-state index >= 15 is 0 Å². The summed E-state index contributed by atoms with van der Waals surface area (Å²) < 4.78 is 0. The molecule has 2 aliphatic rings. The van der Waals surface area contributed by atoms with E-state index in [-0.39, 0.29) is 0 Å². The van der Waals surface area contributed by atoms with Crippen LogP contribution < -0.4 is 11.5 Å². The van der Waals surface area contributed by atoms with Gasteiger partial charge in [0.1, 0.15) is 0 Å². The van der Waals surface area contributed by atoms with Crippen LogP contribution in [0.25, 0.3) is 0 Å². The molecule has 2 heterocycles. The molecule has 4 N–H and O–H groups in total. The van der Waals surface area contributed by atoms with Gasteiger partial charge in [0.2, 0.25) is 0 Å². The summed E-state index contributed by atoms with van der Waals surface area (Å²) in [6.07, 6.45) is 9.51. The van der Waals surface area contributed by atoms with Crippen LogP contribution in [-0.4, -0.2) is 62.2 Å². The van der Waals surface area contributed by atoms with Crippen LogP contribution in [0, 0.1) is 0 Å². The number of nitrogens with two attached hydrogens (primary N) is 2. The van der Waals surface area contributed by atoms with E-state index in [0.717, 1.165) is 52.1 Å². The Morgan fingerprint density at radius 3 is 1.55 bits per heavy atom. The third kappa shape index (κ3) is 4.70. The molecular weight excluding hydrogens is 248 g/mol. The van der Waals surface area contributed by atoms with Crippen LogP contribution in [0.4, 0.5) is 0 Å². The normalized spacial score (nSPS) is 21.7. The van der Waals surface area contributed by atoms with Crippen molar-refractivity contribution in [3.63, 3.8) is 0 Å². The monoisotopic (exact) mass is 278 g/mol. The molecule has 0 unspecified atom stereocenters. The van der Waals surface area contributed by atoms with Crippen LogP contribution >= 0.6 is 0 Å². The van der Waals surface area contributed by atoms with Gasteiger partial charge in [0.25, 0.3) is 0 Å². The fourth-order valence-electron chi connectivity index (χ4n) is 3.04. The highest BCUT2D eigenvalue weighted by Crippen LogP contribution is 2.24. The molecule has 0 amide bonds. The van der Waals surface area contributed by atoms with Gasteiger partial charge in [-0.2, -0.15) is 0 Å². The summed E-state index contributed by atoms with van der Waals surface area (Å²) >= 11 is 0. The largest absolute Gasteiger partial charge is 0.330 e. The van der Waals surface area contributed by atoms with E-state index in [1.165, 1.54) is 25.9 Å². The van der Waals surface area contributed by atoms with E-state index in [4.69, 9.17) is 11.5 Å². The van der Waals surface area contributed by atoms with E-state index in [0.29, 0.717) is 0 Å². The number of rotatable bonds is 7. The van der Waals surface area contributed by atoms with E-state index in [1.54, 1.807) is 11.1 Å². The van der Waals surface area contributed by atoms with Crippen molar-refractivity contribution >= 4 is 0 Å². The number of hydrogen-bond donors (Lipinski definition) is 2. The third-order valence-electron chi connectivity index (χ3n) is 4.36. The minimum absolute atomic E-state index is 0.802. The zero-order chi connectivity index (χ0) is 14.2. The molecule has 2 aliphatic heterocycles. The van der Waals surface area contributed by atoms with Crippen molar-refractivity contribution in [3.8, 4) is 0 Å². The second-order valence-electron chi connectivity index (χ2n) is 5.84. The first-order valence-electron chi connectivity index (χ1n) is 8.06. The van der Waals surface area contributed by atoms with E-state index in [2.05, 4.69) is 22.0 Å². The molecule has 0 saturated carbocycles. The van der Waals surface area contributed by atoms with Crippen molar-refractivity contribution in [2.75, 3.05) is 52.4 Å². The molecule has 20 heavy (non-hydrogen) atoms. The van der Waals surface area contributed by atoms with E-state index in [9.17, 15) is 0 Å². The predicted molar refractivity (Wildman–Crippen MR) is 85.6 cm³/mol. The second-order valence-corrected chi connectivity index (χ2v) is 5.84. The maximum Gasteiger partial charge on any atom is 0.0169 e. The maximum atomic E-state index is 5.57. The first-order valence-corrected chi connectivity index (χ1v) is 8.06. The molecule has 0 atom stereocenters. The Hall–Kier alpha value is -0.680. The summed E-state index contributed by atoms with van der Waals surface area (Å²) in [5, 5.41) is 0. The van der Waals surface area contributed by atoms with Crippen molar-refractivity contribution in [1.82, 2.24) is 9.80 Å². The van der Waals surface area contributed by atoms with Crippen LogP contribution in [0.15, 0.2) is 23.3 Å². The van der Waals surface area contributed by atoms with Gasteiger partial charge >= 0.3 is 0 Å². The zero-order valence-corrected chi connectivity index (χ0v) is 12.7. The molecule has 0 radical (unpaired) electrons. The highest BCUT2D eigenvalue weighted by molar-refractivity contribution is 5.34. The first-order chi connectivity index (χ1) is 9.83. The lowest BCUT2D eigenvalue weighted by Crippen LogP contribution is -2.33. The highest BCUT2D eigenvalue weighted by atomic mass is 15.1. The van der Waals surface area contributed by atoms with Crippen molar-refractivity contribution < 1.29 is 0 Å². The molecule has 0 aliphatic carbocycles. The minimum Gasteiger partial charge on any atom is -0.330 e. The lowest BCUT2D eigenvalue weighted by molar-refractivity contribution is 0.283. The number of hydrogen-bond acceptors (Lipinski definition) is 4. The van der Waals surface area contributed by atoms with Gasteiger partial charge in [0, 0.05) is 26.2 Å². The molecule has 0 spiro atoms. The third-order valence-corrected chi connectivity index (χ3v) is 4.36. The average Bonchev–Trinajstić information content (AvgIpc) is 2.52. The molecule has 0 aromatic carbocycles. The smallest absolute Gasteiger partial charge is 0.0169 e. The van der Waals surface area contributed by atoms with E-state index in [1.807, 2.05) is 0 Å². The molecule has 0 aromatic rings. The first kappa shape index (κ1) is 15.7. The van der Waals surface area contributed by atoms with Gasteiger partial charge in [-0.3, -0.25) is 9.80 Å². The second kappa shape index (κ2) is 8.57. The summed E-state index contributed by atoms with van der Waals surface area (Å²) in [5.74, 6) is 0. The summed E-state index contributed by atoms with van der Waals surface area (Å²) in [5.41, 5.74) is 14.3. The van der Waals surface area contributed by atoms with Gasteiger partial charge in [-0.1, -0.05) is 12.2 Å². The van der Waals surface area contributed by atoms with Crippen molar-refractivity contribution in [2.24, 2.45) is 11.5 Å². The van der Waals surface area contributed by atoms with Gasteiger partial charge < -0.3 is 11.5 Å². The fraction of sp³-hybridized carbons (Fsp3) is 0.750. The molecule has 0 saturated heterocycles. The van der Waals surface area contributed by atoms with E-state index < -0.39 is 0 Å². The predicted octanol–water partition coefficient (Wildman–Crippen LogP) is 0.948. The molecule has 0 fully saturated rings. The maximum absolute atomic E-state index is 5.57. The minimum atomic E-state index is 0.802. The molecule has 2 rings (SSSR count). The van der Waals surface area contributed by atoms with Gasteiger partial charge in [-0.25, -0.2) is 0 Å². The molecule has 4 nitrogen and oxygen atoms in total. The quantitative estimate of drug-likeness (QED) is 0.728. The van der Waals surface area contributed by atoms with Crippen LogP contribution in [0.3, 0.4) is 0 Å². The average molecular weight is 278 g/mol. The molecule has 0 bridgehead atoms. The fourth-order valence-corrected chi connectivity index (χ4v) is 3.04. The lowest BCUT2D eigenvalue weighted by atomic mass is 9.94. The zero-order valence-electron chi connectivity index (χ0n) is 12.7. The standard InChI is InChI=1S/C16H30N4/c17-7-1-9-19-11-3-15(4-12-19)16-5-13-20(14-6-16)10-2-8-18/h3,5H,1-2,4,6-14,17-18H2. The Kier molecular flexibility index (Phi) is 6.73. The van der Waals surface area contributed by atoms with Crippen LogP contribution in [0.1, 0.15) is 25.7 Å². The Morgan fingerprint density at radius 1 is 0.800 bits per heavy atom. The Labute approximate surface area is 123 Å². The Bertz CT molecular complexity index is 314. The van der Waals surface area contributed by atoms with Crippen LogP contribution in [-0.2, 0) is 0 Å². The topological polar surface area (TPSA) is 58.5 Å². The van der Waals surface area contributed by atoms with Crippen LogP contribution in [0.2, 0.25) is 0 Å². The molecule has 4 heteroatoms. The van der Waals surface area contributed by atoms with Gasteiger partial charge in [0.05, 0.1) is 0 Å². The highest BCUT2D eigenvalue weighted by Gasteiger charge is 2.17. The van der Waals surface area contributed by atoms with Crippen molar-refractivity contribution in [1.29, 1.82) is 0 Å². The molecule has 114 valence electrons. The summed E-state index contributed by atoms with van der Waals surface area (Å²) in [6, 6.07) is 0. The Morgan fingerprint density at radius 2 is 1.25 bits per heavy atom. The molecular formula is C16H30N4. The summed E-state index contributed by atoms with van der Waals surface area (Å²) in [7, 11) is 0. The van der Waals surface area contributed by atoms with Gasteiger partial charge in [-0.15, -0.1) is 0 Å². The molecule has 0 aromatic heterocycles.